The van der Waals surface area contributed by atoms with E-state index in [9.17, 15) is 9.90 Å². The van der Waals surface area contributed by atoms with E-state index < -0.39 is 0 Å². The second-order valence-electron chi connectivity index (χ2n) is 7.05. The number of aliphatic hydroxyl groups is 1. The Kier molecular flexibility index (Phi) is 4.42. The molecule has 2 heterocycles. The summed E-state index contributed by atoms with van der Waals surface area (Å²) in [5, 5.41) is 18.2. The van der Waals surface area contributed by atoms with Crippen molar-refractivity contribution in [3.63, 3.8) is 0 Å². The molecule has 1 amide bonds. The predicted molar refractivity (Wildman–Crippen MR) is 98.3 cm³/mol. The highest BCUT2D eigenvalue weighted by Gasteiger charge is 2.36. The fraction of sp³-hybridized carbons (Fsp3) is 0.350. The van der Waals surface area contributed by atoms with Gasteiger partial charge in [-0.25, -0.2) is 0 Å². The summed E-state index contributed by atoms with van der Waals surface area (Å²) in [4.78, 5) is 17.1. The van der Waals surface area contributed by atoms with Crippen LogP contribution in [0.4, 0.5) is 0 Å². The third kappa shape index (κ3) is 3.46. The molecule has 0 radical (unpaired) electrons. The van der Waals surface area contributed by atoms with Gasteiger partial charge in [0.25, 0.3) is 0 Å². The van der Waals surface area contributed by atoms with Crippen LogP contribution >= 0.6 is 0 Å². The number of aliphatic hydroxyl groups excluding tert-OH is 1. The maximum Gasteiger partial charge on any atom is 0.242 e. The van der Waals surface area contributed by atoms with Gasteiger partial charge in [0.1, 0.15) is 6.54 Å². The molecule has 1 fully saturated rings. The minimum absolute atomic E-state index is 0.0901. The van der Waals surface area contributed by atoms with E-state index in [1.54, 1.807) is 10.9 Å². The van der Waals surface area contributed by atoms with Crippen LogP contribution in [-0.2, 0) is 11.3 Å². The summed E-state index contributed by atoms with van der Waals surface area (Å²) in [7, 11) is 0. The number of carbonyl (C=O) groups excluding carboxylic acids is 1. The van der Waals surface area contributed by atoms with E-state index in [0.717, 1.165) is 22.2 Å². The fourth-order valence-electron chi connectivity index (χ4n) is 3.55. The zero-order valence-electron chi connectivity index (χ0n) is 14.7. The van der Waals surface area contributed by atoms with Crippen molar-refractivity contribution in [3.8, 4) is 0 Å². The summed E-state index contributed by atoms with van der Waals surface area (Å²) in [6.45, 7) is 2.08. The van der Waals surface area contributed by atoms with Gasteiger partial charge in [0.15, 0.2) is 0 Å². The molecule has 1 atom stereocenters. The second-order valence-corrected chi connectivity index (χ2v) is 7.05. The molecule has 1 aromatic carbocycles. The Labute approximate surface area is 151 Å². The molecular weight excluding hydrogens is 328 g/mol. The normalized spacial score (nSPS) is 20.5. The van der Waals surface area contributed by atoms with Crippen LogP contribution in [0.15, 0.2) is 48.8 Å². The molecule has 1 aliphatic carbocycles. The molecule has 0 unspecified atom stereocenters. The predicted octanol–water partition coefficient (Wildman–Crippen LogP) is 2.37. The second kappa shape index (κ2) is 6.88. The molecule has 26 heavy (non-hydrogen) atoms. The van der Waals surface area contributed by atoms with Gasteiger partial charge >= 0.3 is 0 Å². The summed E-state index contributed by atoms with van der Waals surface area (Å²) in [5.41, 5.74) is 2.79. The molecule has 0 bridgehead atoms. The Hall–Kier alpha value is -2.73. The van der Waals surface area contributed by atoms with Gasteiger partial charge in [0, 0.05) is 17.8 Å². The SMILES string of the molecule is Cc1ccn(CC(=O)N[C@H](c2cnc3ccccc3c2)C2CC(O)C2)n1. The summed E-state index contributed by atoms with van der Waals surface area (Å²) in [6.07, 6.45) is 4.74. The van der Waals surface area contributed by atoms with E-state index in [1.165, 1.54) is 0 Å². The minimum Gasteiger partial charge on any atom is -0.393 e. The largest absolute Gasteiger partial charge is 0.393 e. The average Bonchev–Trinajstić information content (AvgIpc) is 3.01. The monoisotopic (exact) mass is 350 g/mol. The van der Waals surface area contributed by atoms with Crippen molar-refractivity contribution in [2.45, 2.75) is 38.5 Å². The topological polar surface area (TPSA) is 80.0 Å². The lowest BCUT2D eigenvalue weighted by molar-refractivity contribution is -0.123. The number of nitrogens with zero attached hydrogens (tertiary/aromatic N) is 3. The van der Waals surface area contributed by atoms with Crippen LogP contribution in [0.2, 0.25) is 0 Å². The van der Waals surface area contributed by atoms with Crippen molar-refractivity contribution in [3.05, 3.63) is 60.0 Å². The molecule has 0 saturated heterocycles. The van der Waals surface area contributed by atoms with Crippen molar-refractivity contribution < 1.29 is 9.90 Å². The number of pyridine rings is 1. The summed E-state index contributed by atoms with van der Waals surface area (Å²) in [6, 6.07) is 11.7. The van der Waals surface area contributed by atoms with Crippen molar-refractivity contribution in [2.75, 3.05) is 0 Å². The van der Waals surface area contributed by atoms with Gasteiger partial charge in [0.05, 0.1) is 23.4 Å². The Balaban J connectivity index is 1.56. The Bertz CT molecular complexity index is 930. The Morgan fingerprint density at radius 1 is 1.35 bits per heavy atom. The van der Waals surface area contributed by atoms with Crippen LogP contribution in [0.25, 0.3) is 10.9 Å². The number of aryl methyl sites for hydroxylation is 1. The number of carbonyl (C=O) groups is 1. The molecule has 1 aliphatic rings. The van der Waals surface area contributed by atoms with Gasteiger partial charge in [-0.2, -0.15) is 5.10 Å². The van der Waals surface area contributed by atoms with Gasteiger partial charge in [0.2, 0.25) is 5.91 Å². The van der Waals surface area contributed by atoms with Gasteiger partial charge in [-0.3, -0.25) is 14.5 Å². The maximum absolute atomic E-state index is 12.5. The molecular formula is C20H22N4O2. The van der Waals surface area contributed by atoms with E-state index in [2.05, 4.69) is 21.5 Å². The molecule has 0 aliphatic heterocycles. The highest BCUT2D eigenvalue weighted by Crippen LogP contribution is 2.38. The number of nitrogens with one attached hydrogen (secondary N) is 1. The molecule has 1 saturated carbocycles. The molecule has 3 aromatic rings. The highest BCUT2D eigenvalue weighted by molar-refractivity contribution is 5.79. The minimum atomic E-state index is -0.276. The first-order chi connectivity index (χ1) is 12.6. The number of hydrogen-bond donors (Lipinski definition) is 2. The average molecular weight is 350 g/mol. The number of hydrogen-bond acceptors (Lipinski definition) is 4. The zero-order valence-corrected chi connectivity index (χ0v) is 14.7. The van der Waals surface area contributed by atoms with E-state index in [1.807, 2.05) is 43.5 Å². The van der Waals surface area contributed by atoms with Crippen LogP contribution in [0.5, 0.6) is 0 Å². The van der Waals surface area contributed by atoms with Crippen molar-refractivity contribution in [2.24, 2.45) is 5.92 Å². The van der Waals surface area contributed by atoms with Crippen molar-refractivity contribution in [1.82, 2.24) is 20.1 Å². The smallest absolute Gasteiger partial charge is 0.242 e. The lowest BCUT2D eigenvalue weighted by Gasteiger charge is -2.38. The number of rotatable bonds is 5. The highest BCUT2D eigenvalue weighted by atomic mass is 16.3. The van der Waals surface area contributed by atoms with Crippen molar-refractivity contribution in [1.29, 1.82) is 0 Å². The van der Waals surface area contributed by atoms with E-state index >= 15 is 0 Å². The fourth-order valence-corrected chi connectivity index (χ4v) is 3.55. The Morgan fingerprint density at radius 2 is 2.15 bits per heavy atom. The first-order valence-electron chi connectivity index (χ1n) is 8.90. The van der Waals surface area contributed by atoms with E-state index in [4.69, 9.17) is 0 Å². The Morgan fingerprint density at radius 3 is 2.88 bits per heavy atom. The molecule has 6 nitrogen and oxygen atoms in total. The van der Waals surface area contributed by atoms with Gasteiger partial charge in [-0.15, -0.1) is 0 Å². The number of amides is 1. The van der Waals surface area contributed by atoms with E-state index in [-0.39, 0.29) is 30.5 Å². The quantitative estimate of drug-likeness (QED) is 0.740. The van der Waals surface area contributed by atoms with E-state index in [0.29, 0.717) is 12.8 Å². The lowest BCUT2D eigenvalue weighted by atomic mass is 9.75. The number of aromatic nitrogens is 3. The molecule has 2 N–H and O–H groups in total. The maximum atomic E-state index is 12.5. The lowest BCUT2D eigenvalue weighted by Crippen LogP contribution is -2.42. The van der Waals surface area contributed by atoms with Crippen LogP contribution in [-0.4, -0.2) is 31.9 Å². The van der Waals surface area contributed by atoms with Crippen LogP contribution in [0, 0.1) is 12.8 Å². The molecule has 2 aromatic heterocycles. The summed E-state index contributed by atoms with van der Waals surface area (Å²) in [5.74, 6) is 0.129. The first kappa shape index (κ1) is 16.7. The third-order valence-corrected chi connectivity index (χ3v) is 4.99. The first-order valence-corrected chi connectivity index (χ1v) is 8.90. The summed E-state index contributed by atoms with van der Waals surface area (Å²) < 4.78 is 1.63. The molecule has 134 valence electrons. The van der Waals surface area contributed by atoms with Crippen LogP contribution < -0.4 is 5.32 Å². The molecule has 0 spiro atoms. The third-order valence-electron chi connectivity index (χ3n) is 4.99. The van der Waals surface area contributed by atoms with Gasteiger partial charge in [-0.1, -0.05) is 18.2 Å². The zero-order chi connectivity index (χ0) is 18.1. The number of benzene rings is 1. The molecule has 6 heteroatoms. The van der Waals surface area contributed by atoms with Crippen LogP contribution in [0.1, 0.15) is 30.1 Å². The number of fused-ring (bicyclic) bond motifs is 1. The standard InChI is InChI=1S/C20H22N4O2/c1-13-6-7-24(23-13)12-19(26)22-20(15-9-17(25)10-15)16-8-14-4-2-3-5-18(14)21-11-16/h2-8,11,15,17,20,25H,9-10,12H2,1H3,(H,22,26)/t15?,17?,20-/m0/s1. The summed E-state index contributed by atoms with van der Waals surface area (Å²) >= 11 is 0. The van der Waals surface area contributed by atoms with Gasteiger partial charge < -0.3 is 10.4 Å². The van der Waals surface area contributed by atoms with Gasteiger partial charge in [-0.05, 0) is 49.4 Å². The van der Waals surface area contributed by atoms with Crippen molar-refractivity contribution >= 4 is 16.8 Å². The van der Waals surface area contributed by atoms with Crippen LogP contribution in [0.3, 0.4) is 0 Å². The molecule has 4 rings (SSSR count). The number of para-hydroxylation sites is 1.